The van der Waals surface area contributed by atoms with Crippen LogP contribution in [0, 0.1) is 0 Å². The van der Waals surface area contributed by atoms with Crippen molar-refractivity contribution in [2.45, 2.75) is 11.8 Å². The van der Waals surface area contributed by atoms with Gasteiger partial charge >= 0.3 is 0 Å². The number of carbonyl (C=O) groups is 1. The number of ether oxygens (including phenoxy) is 1. The first-order valence-electron chi connectivity index (χ1n) is 8.27. The number of benzene rings is 2. The van der Waals surface area contributed by atoms with Crippen molar-refractivity contribution < 1.29 is 17.9 Å². The van der Waals surface area contributed by atoms with Crippen molar-refractivity contribution in [3.05, 3.63) is 52.0 Å². The molecule has 3 rings (SSSR count). The van der Waals surface area contributed by atoms with Gasteiger partial charge in [0, 0.05) is 41.8 Å². The summed E-state index contributed by atoms with van der Waals surface area (Å²) in [5, 5.41) is 3.84. The van der Waals surface area contributed by atoms with E-state index < -0.39 is 10.0 Å². The van der Waals surface area contributed by atoms with E-state index in [0.717, 1.165) is 0 Å². The highest BCUT2D eigenvalue weighted by Crippen LogP contribution is 2.34. The minimum Gasteiger partial charge on any atom is -0.456 e. The Morgan fingerprint density at radius 2 is 1.70 bits per heavy atom. The molecule has 6 nitrogen and oxygen atoms in total. The summed E-state index contributed by atoms with van der Waals surface area (Å²) >= 11 is 12.0. The van der Waals surface area contributed by atoms with E-state index >= 15 is 0 Å². The van der Waals surface area contributed by atoms with Gasteiger partial charge in [0.25, 0.3) is 0 Å². The fraction of sp³-hybridized carbons (Fsp3) is 0.278. The predicted octanol–water partition coefficient (Wildman–Crippen LogP) is 3.58. The summed E-state index contributed by atoms with van der Waals surface area (Å²) in [6, 6.07) is 8.97. The molecule has 2 aromatic carbocycles. The van der Waals surface area contributed by atoms with E-state index in [-0.39, 0.29) is 16.4 Å². The third-order valence-corrected chi connectivity index (χ3v) is 6.46. The smallest absolute Gasteiger partial charge is 0.246 e. The van der Waals surface area contributed by atoms with Gasteiger partial charge < -0.3 is 10.1 Å². The Bertz CT molecular complexity index is 953. The molecule has 1 aliphatic heterocycles. The lowest BCUT2D eigenvalue weighted by Crippen LogP contribution is -2.46. The molecule has 0 saturated carbocycles. The third kappa shape index (κ3) is 4.62. The standard InChI is InChI=1S/C18H18Cl2N2O4S/c1-12(23)13-2-3-17(26-16-10-14(19)9-15(20)11-16)18(8-13)27(24,25)22-6-4-21-5-7-22/h2-3,8-11,21H,4-7H2,1H3. The molecule has 0 unspecified atom stereocenters. The van der Waals surface area contributed by atoms with Gasteiger partial charge in [-0.25, -0.2) is 8.42 Å². The molecule has 9 heteroatoms. The van der Waals surface area contributed by atoms with Crippen LogP contribution in [0.15, 0.2) is 41.3 Å². The maximum Gasteiger partial charge on any atom is 0.246 e. The Labute approximate surface area is 168 Å². The van der Waals surface area contributed by atoms with Gasteiger partial charge in [-0.05, 0) is 43.3 Å². The number of piperazine rings is 1. The van der Waals surface area contributed by atoms with E-state index in [1.807, 2.05) is 0 Å². The molecule has 1 fully saturated rings. The van der Waals surface area contributed by atoms with E-state index in [9.17, 15) is 13.2 Å². The maximum absolute atomic E-state index is 13.2. The quantitative estimate of drug-likeness (QED) is 0.736. The highest BCUT2D eigenvalue weighted by atomic mass is 35.5. The summed E-state index contributed by atoms with van der Waals surface area (Å²) < 4.78 is 33.5. The fourth-order valence-corrected chi connectivity index (χ4v) is 4.84. The maximum atomic E-state index is 13.2. The molecule has 1 aliphatic rings. The minimum absolute atomic E-state index is 0.0619. The molecular formula is C18H18Cl2N2O4S. The van der Waals surface area contributed by atoms with Gasteiger partial charge in [0.15, 0.2) is 5.78 Å². The van der Waals surface area contributed by atoms with Gasteiger partial charge in [-0.1, -0.05) is 23.2 Å². The van der Waals surface area contributed by atoms with Crippen molar-refractivity contribution in [2.24, 2.45) is 0 Å². The SMILES string of the molecule is CC(=O)c1ccc(Oc2cc(Cl)cc(Cl)c2)c(S(=O)(=O)N2CCNCC2)c1. The Morgan fingerprint density at radius 3 is 2.30 bits per heavy atom. The summed E-state index contributed by atoms with van der Waals surface area (Å²) in [4.78, 5) is 11.7. The topological polar surface area (TPSA) is 75.7 Å². The Kier molecular flexibility index (Phi) is 6.08. The summed E-state index contributed by atoms with van der Waals surface area (Å²) in [6.45, 7) is 3.19. The summed E-state index contributed by atoms with van der Waals surface area (Å²) in [7, 11) is -3.84. The lowest BCUT2D eigenvalue weighted by Gasteiger charge is -2.27. The Hall–Kier alpha value is -1.64. The number of hydrogen-bond acceptors (Lipinski definition) is 5. The number of carbonyl (C=O) groups excluding carboxylic acids is 1. The van der Waals surface area contributed by atoms with Gasteiger partial charge in [-0.3, -0.25) is 4.79 Å². The average Bonchev–Trinajstić information content (AvgIpc) is 2.61. The van der Waals surface area contributed by atoms with Crippen LogP contribution in [0.3, 0.4) is 0 Å². The zero-order valence-electron chi connectivity index (χ0n) is 14.5. The highest BCUT2D eigenvalue weighted by molar-refractivity contribution is 7.89. The van der Waals surface area contributed by atoms with Crippen molar-refractivity contribution in [1.29, 1.82) is 0 Å². The monoisotopic (exact) mass is 428 g/mol. The molecule has 0 radical (unpaired) electrons. The van der Waals surface area contributed by atoms with E-state index in [1.165, 1.54) is 41.6 Å². The van der Waals surface area contributed by atoms with Crippen molar-refractivity contribution in [2.75, 3.05) is 26.2 Å². The van der Waals surface area contributed by atoms with Crippen molar-refractivity contribution in [3.8, 4) is 11.5 Å². The van der Waals surface area contributed by atoms with Crippen molar-refractivity contribution in [3.63, 3.8) is 0 Å². The lowest BCUT2D eigenvalue weighted by atomic mass is 10.1. The molecule has 2 aromatic rings. The Morgan fingerprint density at radius 1 is 1.07 bits per heavy atom. The van der Waals surface area contributed by atoms with Crippen molar-refractivity contribution >= 4 is 39.0 Å². The minimum atomic E-state index is -3.84. The summed E-state index contributed by atoms with van der Waals surface area (Å²) in [5.41, 5.74) is 0.292. The second-order valence-corrected chi connectivity index (χ2v) is 8.86. The summed E-state index contributed by atoms with van der Waals surface area (Å²) in [5.74, 6) is 0.181. The molecule has 0 spiro atoms. The van der Waals surface area contributed by atoms with Gasteiger partial charge in [0.2, 0.25) is 10.0 Å². The second kappa shape index (κ2) is 8.16. The molecular weight excluding hydrogens is 411 g/mol. The number of hydrogen-bond donors (Lipinski definition) is 1. The number of rotatable bonds is 5. The first-order valence-corrected chi connectivity index (χ1v) is 10.5. The van der Waals surface area contributed by atoms with E-state index in [1.54, 1.807) is 6.07 Å². The second-order valence-electron chi connectivity index (χ2n) is 6.08. The van der Waals surface area contributed by atoms with E-state index in [2.05, 4.69) is 5.32 Å². The molecule has 1 saturated heterocycles. The number of Topliss-reactive ketones (excluding diaryl/α,β-unsaturated/α-hetero) is 1. The summed E-state index contributed by atoms with van der Waals surface area (Å²) in [6.07, 6.45) is 0. The molecule has 144 valence electrons. The number of ketones is 1. The molecule has 0 amide bonds. The van der Waals surface area contributed by atoms with Crippen LogP contribution >= 0.6 is 23.2 Å². The molecule has 1 N–H and O–H groups in total. The average molecular weight is 429 g/mol. The zero-order valence-corrected chi connectivity index (χ0v) is 16.9. The number of nitrogens with one attached hydrogen (secondary N) is 1. The molecule has 0 aromatic heterocycles. The molecule has 0 atom stereocenters. The van der Waals surface area contributed by atoms with Crippen LogP contribution in [0.1, 0.15) is 17.3 Å². The van der Waals surface area contributed by atoms with Crippen LogP contribution < -0.4 is 10.1 Å². The van der Waals surface area contributed by atoms with Crippen LogP contribution in [0.5, 0.6) is 11.5 Å². The van der Waals surface area contributed by atoms with Crippen LogP contribution in [-0.4, -0.2) is 44.7 Å². The number of halogens is 2. The van der Waals surface area contributed by atoms with Crippen LogP contribution in [0.4, 0.5) is 0 Å². The largest absolute Gasteiger partial charge is 0.456 e. The number of nitrogens with zero attached hydrogens (tertiary/aromatic N) is 1. The van der Waals surface area contributed by atoms with Gasteiger partial charge in [-0.15, -0.1) is 0 Å². The Balaban J connectivity index is 2.06. The number of sulfonamides is 1. The van der Waals surface area contributed by atoms with Crippen LogP contribution in [0.2, 0.25) is 10.0 Å². The fourth-order valence-electron chi connectivity index (χ4n) is 2.75. The molecule has 0 aliphatic carbocycles. The molecule has 1 heterocycles. The molecule has 27 heavy (non-hydrogen) atoms. The zero-order chi connectivity index (χ0) is 19.6. The normalized spacial score (nSPS) is 15.5. The predicted molar refractivity (Wildman–Crippen MR) is 105 cm³/mol. The molecule has 0 bridgehead atoms. The first kappa shape index (κ1) is 20.1. The van der Waals surface area contributed by atoms with Gasteiger partial charge in [0.1, 0.15) is 16.4 Å². The first-order chi connectivity index (χ1) is 12.8. The van der Waals surface area contributed by atoms with E-state index in [4.69, 9.17) is 27.9 Å². The third-order valence-electron chi connectivity index (χ3n) is 4.11. The van der Waals surface area contributed by atoms with Gasteiger partial charge in [-0.2, -0.15) is 4.31 Å². The van der Waals surface area contributed by atoms with Gasteiger partial charge in [0.05, 0.1) is 0 Å². The highest BCUT2D eigenvalue weighted by Gasteiger charge is 2.30. The van der Waals surface area contributed by atoms with Crippen molar-refractivity contribution in [1.82, 2.24) is 9.62 Å². The van der Waals surface area contributed by atoms with E-state index in [0.29, 0.717) is 47.5 Å². The van der Waals surface area contributed by atoms with Crippen LogP contribution in [-0.2, 0) is 10.0 Å². The lowest BCUT2D eigenvalue weighted by molar-refractivity contribution is 0.101. The van der Waals surface area contributed by atoms with Crippen LogP contribution in [0.25, 0.3) is 0 Å².